The molecule has 0 aliphatic heterocycles. The molecule has 0 saturated heterocycles. The molecule has 0 amide bonds. The molecule has 4 heteroatoms. The second-order valence-electron chi connectivity index (χ2n) is 5.30. The summed E-state index contributed by atoms with van der Waals surface area (Å²) in [6, 6.07) is 3.16. The van der Waals surface area contributed by atoms with Crippen LogP contribution < -0.4 is 5.73 Å². The van der Waals surface area contributed by atoms with Gasteiger partial charge in [-0.15, -0.1) is 0 Å². The number of thiophene rings is 1. The molecule has 1 aromatic heterocycles. The molecule has 3 nitrogen and oxygen atoms in total. The summed E-state index contributed by atoms with van der Waals surface area (Å²) in [4.78, 5) is 4.74. The van der Waals surface area contributed by atoms with Gasteiger partial charge in [-0.1, -0.05) is 6.92 Å². The zero-order valence-electron chi connectivity index (χ0n) is 12.3. The molecule has 3 unspecified atom stereocenters. The van der Waals surface area contributed by atoms with Crippen LogP contribution in [0.3, 0.4) is 0 Å². The Morgan fingerprint density at radius 1 is 1.33 bits per heavy atom. The van der Waals surface area contributed by atoms with Crippen molar-refractivity contribution in [2.75, 3.05) is 27.2 Å². The molecule has 0 aliphatic carbocycles. The molecule has 0 aliphatic rings. The lowest BCUT2D eigenvalue weighted by Gasteiger charge is -2.38. The van der Waals surface area contributed by atoms with E-state index in [1.165, 1.54) is 5.56 Å². The van der Waals surface area contributed by atoms with Gasteiger partial charge in [0, 0.05) is 18.6 Å². The van der Waals surface area contributed by atoms with E-state index in [1.54, 1.807) is 11.3 Å². The van der Waals surface area contributed by atoms with Crippen molar-refractivity contribution in [3.63, 3.8) is 0 Å². The standard InChI is InChI=1S/C14H27N3S/c1-6-17(11(2)9-16(4)5)14(12(3)15)13-7-8-18-10-13/h7-8,10-12,14H,6,9,15H2,1-5H3. The molecule has 1 aromatic rings. The highest BCUT2D eigenvalue weighted by atomic mass is 32.1. The molecule has 1 rings (SSSR count). The minimum Gasteiger partial charge on any atom is -0.326 e. The number of hydrogen-bond acceptors (Lipinski definition) is 4. The number of nitrogens with zero attached hydrogens (tertiary/aromatic N) is 2. The van der Waals surface area contributed by atoms with Gasteiger partial charge in [-0.05, 0) is 56.9 Å². The Kier molecular flexibility index (Phi) is 6.29. The van der Waals surface area contributed by atoms with Crippen LogP contribution in [0.2, 0.25) is 0 Å². The molecule has 3 atom stereocenters. The van der Waals surface area contributed by atoms with Gasteiger partial charge in [0.2, 0.25) is 0 Å². The Labute approximate surface area is 116 Å². The van der Waals surface area contributed by atoms with E-state index < -0.39 is 0 Å². The maximum Gasteiger partial charge on any atom is 0.0507 e. The van der Waals surface area contributed by atoms with Gasteiger partial charge in [0.1, 0.15) is 0 Å². The molecule has 0 radical (unpaired) electrons. The summed E-state index contributed by atoms with van der Waals surface area (Å²) in [5.41, 5.74) is 7.57. The van der Waals surface area contributed by atoms with Gasteiger partial charge < -0.3 is 10.6 Å². The van der Waals surface area contributed by atoms with Crippen LogP contribution in [0.4, 0.5) is 0 Å². The maximum absolute atomic E-state index is 6.22. The van der Waals surface area contributed by atoms with Crippen molar-refractivity contribution in [2.45, 2.75) is 38.9 Å². The fraction of sp³-hybridized carbons (Fsp3) is 0.714. The van der Waals surface area contributed by atoms with Crippen molar-refractivity contribution in [1.29, 1.82) is 0 Å². The fourth-order valence-electron chi connectivity index (χ4n) is 2.66. The van der Waals surface area contributed by atoms with Crippen molar-refractivity contribution in [1.82, 2.24) is 9.80 Å². The highest BCUT2D eigenvalue weighted by Crippen LogP contribution is 2.27. The number of hydrogen-bond donors (Lipinski definition) is 1. The van der Waals surface area contributed by atoms with Crippen LogP contribution in [0.1, 0.15) is 32.4 Å². The molecule has 18 heavy (non-hydrogen) atoms. The van der Waals surface area contributed by atoms with E-state index in [0.29, 0.717) is 12.1 Å². The number of likely N-dealkylation sites (N-methyl/N-ethyl adjacent to an activating group) is 2. The number of nitrogens with two attached hydrogens (primary N) is 1. The van der Waals surface area contributed by atoms with Gasteiger partial charge in [-0.25, -0.2) is 0 Å². The summed E-state index contributed by atoms with van der Waals surface area (Å²) in [7, 11) is 4.24. The largest absolute Gasteiger partial charge is 0.326 e. The van der Waals surface area contributed by atoms with Gasteiger partial charge in [-0.3, -0.25) is 4.90 Å². The monoisotopic (exact) mass is 269 g/mol. The van der Waals surface area contributed by atoms with Crippen LogP contribution in [0.5, 0.6) is 0 Å². The molecule has 0 bridgehead atoms. The van der Waals surface area contributed by atoms with Gasteiger partial charge in [0.05, 0.1) is 6.04 Å². The van der Waals surface area contributed by atoms with Crippen molar-refractivity contribution in [3.8, 4) is 0 Å². The van der Waals surface area contributed by atoms with Gasteiger partial charge in [-0.2, -0.15) is 11.3 Å². The van der Waals surface area contributed by atoms with Crippen molar-refractivity contribution >= 4 is 11.3 Å². The maximum atomic E-state index is 6.22. The average molecular weight is 269 g/mol. The smallest absolute Gasteiger partial charge is 0.0507 e. The second kappa shape index (κ2) is 7.24. The van der Waals surface area contributed by atoms with Crippen molar-refractivity contribution in [2.24, 2.45) is 5.73 Å². The molecular weight excluding hydrogens is 242 g/mol. The van der Waals surface area contributed by atoms with E-state index in [9.17, 15) is 0 Å². The predicted molar refractivity (Wildman–Crippen MR) is 81.1 cm³/mol. The second-order valence-corrected chi connectivity index (χ2v) is 6.08. The van der Waals surface area contributed by atoms with E-state index >= 15 is 0 Å². The van der Waals surface area contributed by atoms with E-state index in [1.807, 2.05) is 0 Å². The van der Waals surface area contributed by atoms with Gasteiger partial charge in [0.15, 0.2) is 0 Å². The third-order valence-electron chi connectivity index (χ3n) is 3.30. The minimum atomic E-state index is 0.143. The Morgan fingerprint density at radius 2 is 2.00 bits per heavy atom. The molecule has 0 saturated carbocycles. The predicted octanol–water partition coefficient (Wildman–Crippen LogP) is 2.41. The first-order valence-electron chi connectivity index (χ1n) is 6.65. The van der Waals surface area contributed by atoms with Crippen LogP contribution in [-0.2, 0) is 0 Å². The van der Waals surface area contributed by atoms with Gasteiger partial charge >= 0.3 is 0 Å². The molecule has 0 spiro atoms. The highest BCUT2D eigenvalue weighted by molar-refractivity contribution is 7.07. The highest BCUT2D eigenvalue weighted by Gasteiger charge is 2.27. The first kappa shape index (κ1) is 15.6. The Hall–Kier alpha value is -0.420. The zero-order valence-corrected chi connectivity index (χ0v) is 13.1. The molecule has 1 heterocycles. The Morgan fingerprint density at radius 3 is 2.39 bits per heavy atom. The van der Waals surface area contributed by atoms with E-state index in [2.05, 4.69) is 61.5 Å². The first-order valence-corrected chi connectivity index (χ1v) is 7.59. The molecule has 0 aromatic carbocycles. The van der Waals surface area contributed by atoms with Crippen molar-refractivity contribution in [3.05, 3.63) is 22.4 Å². The Bertz CT molecular complexity index is 322. The van der Waals surface area contributed by atoms with Crippen LogP contribution in [-0.4, -0.2) is 49.1 Å². The van der Waals surface area contributed by atoms with Crippen LogP contribution in [0, 0.1) is 0 Å². The molecule has 0 fully saturated rings. The summed E-state index contributed by atoms with van der Waals surface area (Å²) in [6.45, 7) is 8.69. The van der Waals surface area contributed by atoms with Gasteiger partial charge in [0.25, 0.3) is 0 Å². The Balaban J connectivity index is 2.88. The van der Waals surface area contributed by atoms with Crippen LogP contribution in [0.25, 0.3) is 0 Å². The fourth-order valence-corrected chi connectivity index (χ4v) is 3.35. The normalized spacial score (nSPS) is 17.1. The average Bonchev–Trinajstić information content (AvgIpc) is 2.76. The van der Waals surface area contributed by atoms with Crippen LogP contribution in [0.15, 0.2) is 16.8 Å². The molecule has 2 N–H and O–H groups in total. The first-order chi connectivity index (χ1) is 8.47. The lowest BCUT2D eigenvalue weighted by Crippen LogP contribution is -2.47. The van der Waals surface area contributed by atoms with E-state index in [4.69, 9.17) is 5.73 Å². The summed E-state index contributed by atoms with van der Waals surface area (Å²) in [5.74, 6) is 0. The quantitative estimate of drug-likeness (QED) is 0.825. The third-order valence-corrected chi connectivity index (χ3v) is 4.00. The minimum absolute atomic E-state index is 0.143. The lowest BCUT2D eigenvalue weighted by atomic mass is 10.0. The summed E-state index contributed by atoms with van der Waals surface area (Å²) in [6.07, 6.45) is 0. The summed E-state index contributed by atoms with van der Waals surface area (Å²) >= 11 is 1.75. The van der Waals surface area contributed by atoms with E-state index in [0.717, 1.165) is 13.1 Å². The van der Waals surface area contributed by atoms with E-state index in [-0.39, 0.29) is 6.04 Å². The lowest BCUT2D eigenvalue weighted by molar-refractivity contribution is 0.114. The summed E-state index contributed by atoms with van der Waals surface area (Å²) in [5, 5.41) is 4.36. The van der Waals surface area contributed by atoms with Crippen LogP contribution >= 0.6 is 11.3 Å². The van der Waals surface area contributed by atoms with Crippen molar-refractivity contribution < 1.29 is 0 Å². The third kappa shape index (κ3) is 4.05. The molecule has 104 valence electrons. The summed E-state index contributed by atoms with van der Waals surface area (Å²) < 4.78 is 0. The zero-order chi connectivity index (χ0) is 13.7. The topological polar surface area (TPSA) is 32.5 Å². The SMILES string of the molecule is CCN(C(C)CN(C)C)C(c1ccsc1)C(C)N. The number of rotatable bonds is 7. The molecular formula is C14H27N3S.